The first-order chi connectivity index (χ1) is 14.6. The van der Waals surface area contributed by atoms with Gasteiger partial charge in [-0.3, -0.25) is 4.79 Å². The third kappa shape index (κ3) is 5.21. The van der Waals surface area contributed by atoms with Gasteiger partial charge in [-0.15, -0.1) is 0 Å². The molecule has 2 aromatic rings. The molecule has 30 heavy (non-hydrogen) atoms. The Labute approximate surface area is 179 Å². The number of quaternary nitrogens is 1. The van der Waals surface area contributed by atoms with Crippen molar-refractivity contribution in [3.8, 4) is 5.75 Å². The van der Waals surface area contributed by atoms with E-state index in [-0.39, 0.29) is 12.1 Å². The van der Waals surface area contributed by atoms with Gasteiger partial charge in [0.05, 0.1) is 26.2 Å². The van der Waals surface area contributed by atoms with E-state index in [0.29, 0.717) is 12.3 Å². The Bertz CT molecular complexity index is 804. The lowest BCUT2D eigenvalue weighted by Gasteiger charge is -2.52. The number of ether oxygens (including phenoxy) is 2. The number of esters is 1. The van der Waals surface area contributed by atoms with E-state index < -0.39 is 6.04 Å². The monoisotopic (exact) mass is 409 g/mol. The maximum atomic E-state index is 12.6. The van der Waals surface area contributed by atoms with Crippen LogP contribution in [0.2, 0.25) is 0 Å². The van der Waals surface area contributed by atoms with Crippen LogP contribution in [0.1, 0.15) is 24.8 Å². The highest BCUT2D eigenvalue weighted by molar-refractivity contribution is 5.76. The Morgan fingerprint density at radius 2 is 1.70 bits per heavy atom. The minimum Gasteiger partial charge on any atom is -0.493 e. The van der Waals surface area contributed by atoms with E-state index in [9.17, 15) is 4.79 Å². The van der Waals surface area contributed by atoms with Gasteiger partial charge < -0.3 is 19.7 Å². The number of carbonyl (C=O) groups is 1. The van der Waals surface area contributed by atoms with Crippen LogP contribution in [0.3, 0.4) is 0 Å². The predicted molar refractivity (Wildman–Crippen MR) is 117 cm³/mol. The summed E-state index contributed by atoms with van der Waals surface area (Å²) >= 11 is 0. The zero-order valence-corrected chi connectivity index (χ0v) is 17.6. The fourth-order valence-electron chi connectivity index (χ4n) is 4.96. The molecule has 5 nitrogen and oxygen atoms in total. The number of nitrogens with zero attached hydrogens (tertiary/aromatic N) is 1. The van der Waals surface area contributed by atoms with Crippen LogP contribution in [0.4, 0.5) is 0 Å². The summed E-state index contributed by atoms with van der Waals surface area (Å²) in [6, 6.07) is 19.3. The molecule has 2 bridgehead atoms. The summed E-state index contributed by atoms with van der Waals surface area (Å²) in [5, 5.41) is 0. The predicted octanol–water partition coefficient (Wildman–Crippen LogP) is 3.18. The van der Waals surface area contributed by atoms with Gasteiger partial charge in [0, 0.05) is 25.2 Å². The van der Waals surface area contributed by atoms with Crippen LogP contribution in [0.15, 0.2) is 60.7 Å². The zero-order valence-electron chi connectivity index (χ0n) is 17.6. The van der Waals surface area contributed by atoms with Crippen molar-refractivity contribution in [2.45, 2.75) is 37.8 Å². The molecule has 160 valence electrons. The number of fused-ring (bicyclic) bond motifs is 3. The molecule has 2 unspecified atom stereocenters. The molecule has 0 spiro atoms. The summed E-state index contributed by atoms with van der Waals surface area (Å²) in [5.41, 5.74) is 7.22. The van der Waals surface area contributed by atoms with E-state index in [1.165, 1.54) is 13.1 Å². The van der Waals surface area contributed by atoms with Crippen LogP contribution in [-0.4, -0.2) is 55.4 Å². The first-order valence-corrected chi connectivity index (χ1v) is 11.2. The van der Waals surface area contributed by atoms with Crippen molar-refractivity contribution in [3.63, 3.8) is 0 Å². The van der Waals surface area contributed by atoms with Crippen LogP contribution in [0.5, 0.6) is 5.75 Å². The van der Waals surface area contributed by atoms with Gasteiger partial charge in [0.2, 0.25) is 0 Å². The van der Waals surface area contributed by atoms with Crippen molar-refractivity contribution in [1.29, 1.82) is 0 Å². The quantitative estimate of drug-likeness (QED) is 0.393. The molecule has 0 saturated carbocycles. The highest BCUT2D eigenvalue weighted by atomic mass is 16.5. The largest absolute Gasteiger partial charge is 0.493 e. The van der Waals surface area contributed by atoms with Crippen LogP contribution < -0.4 is 10.5 Å². The summed E-state index contributed by atoms with van der Waals surface area (Å²) in [7, 11) is 0. The fraction of sp³-hybridized carbons (Fsp3) is 0.480. The third-order valence-electron chi connectivity index (χ3n) is 6.70. The molecule has 3 heterocycles. The molecular formula is C25H33N2O3+. The van der Waals surface area contributed by atoms with E-state index in [0.717, 1.165) is 54.8 Å². The molecule has 0 aliphatic carbocycles. The number of rotatable bonds is 9. The van der Waals surface area contributed by atoms with Gasteiger partial charge >= 0.3 is 5.97 Å². The molecule has 5 heteroatoms. The first-order valence-electron chi connectivity index (χ1n) is 11.2. The average Bonchev–Trinajstić information content (AvgIpc) is 2.79. The SMILES string of the molecule is NC(Cc1ccccc1)C(=O)OC1C[N+]2(CCCOc3ccccc3)CCC1CC2. The standard InChI is InChI=1S/C25H33N2O3/c26-23(18-20-8-3-1-4-9-20)25(28)30-24-19-27(15-12-21(24)13-16-27)14-7-17-29-22-10-5-2-6-11-22/h1-6,8-11,21,23-24H,7,12-19,26H2/q+1. The van der Waals surface area contributed by atoms with Crippen LogP contribution in [0.25, 0.3) is 0 Å². The Morgan fingerprint density at radius 3 is 2.40 bits per heavy atom. The van der Waals surface area contributed by atoms with E-state index >= 15 is 0 Å². The number of carbonyl (C=O) groups excluding carboxylic acids is 1. The Morgan fingerprint density at radius 1 is 1.03 bits per heavy atom. The highest BCUT2D eigenvalue weighted by Crippen LogP contribution is 2.36. The molecule has 0 amide bonds. The Kier molecular flexibility index (Phi) is 6.70. The van der Waals surface area contributed by atoms with Crippen molar-refractivity contribution >= 4 is 5.97 Å². The van der Waals surface area contributed by atoms with E-state index in [1.807, 2.05) is 60.7 Å². The Balaban J connectivity index is 1.26. The first kappa shape index (κ1) is 20.9. The van der Waals surface area contributed by atoms with E-state index in [4.69, 9.17) is 15.2 Å². The van der Waals surface area contributed by atoms with Crippen molar-refractivity contribution in [1.82, 2.24) is 0 Å². The number of nitrogens with two attached hydrogens (primary N) is 1. The van der Waals surface area contributed by atoms with Crippen molar-refractivity contribution in [3.05, 3.63) is 66.2 Å². The second-order valence-electron chi connectivity index (χ2n) is 8.82. The summed E-state index contributed by atoms with van der Waals surface area (Å²) < 4.78 is 12.9. The molecule has 5 rings (SSSR count). The number of hydrogen-bond donors (Lipinski definition) is 1. The number of benzene rings is 2. The minimum atomic E-state index is -0.601. The lowest BCUT2D eigenvalue weighted by atomic mass is 9.83. The smallest absolute Gasteiger partial charge is 0.323 e. The van der Waals surface area contributed by atoms with E-state index in [2.05, 4.69) is 0 Å². The topological polar surface area (TPSA) is 61.6 Å². The van der Waals surface area contributed by atoms with Crippen molar-refractivity contribution in [2.24, 2.45) is 11.7 Å². The van der Waals surface area contributed by atoms with Crippen molar-refractivity contribution < 1.29 is 18.8 Å². The number of para-hydroxylation sites is 1. The van der Waals surface area contributed by atoms with Gasteiger partial charge in [0.15, 0.2) is 6.10 Å². The summed E-state index contributed by atoms with van der Waals surface area (Å²) in [6.45, 7) is 5.07. The average molecular weight is 410 g/mol. The van der Waals surface area contributed by atoms with Gasteiger partial charge in [-0.25, -0.2) is 0 Å². The third-order valence-corrected chi connectivity index (χ3v) is 6.70. The summed E-state index contributed by atoms with van der Waals surface area (Å²) in [6.07, 6.45) is 3.79. The number of piperidine rings is 3. The van der Waals surface area contributed by atoms with Gasteiger partial charge in [-0.1, -0.05) is 48.5 Å². The Hall–Kier alpha value is -2.37. The molecule has 2 aromatic carbocycles. The summed E-state index contributed by atoms with van der Waals surface area (Å²) in [5.74, 6) is 1.15. The lowest BCUT2D eigenvalue weighted by Crippen LogP contribution is -2.65. The lowest BCUT2D eigenvalue weighted by molar-refractivity contribution is -0.946. The van der Waals surface area contributed by atoms with Crippen LogP contribution in [0, 0.1) is 5.92 Å². The molecule has 0 aromatic heterocycles. The van der Waals surface area contributed by atoms with Crippen LogP contribution >= 0.6 is 0 Å². The highest BCUT2D eigenvalue weighted by Gasteiger charge is 2.47. The minimum absolute atomic E-state index is 0.00290. The second kappa shape index (κ2) is 9.63. The van der Waals surface area contributed by atoms with Gasteiger partial charge in [0.1, 0.15) is 18.3 Å². The molecular weight excluding hydrogens is 376 g/mol. The molecule has 2 atom stereocenters. The summed E-state index contributed by atoms with van der Waals surface area (Å²) in [4.78, 5) is 12.6. The molecule has 3 fully saturated rings. The van der Waals surface area contributed by atoms with Gasteiger partial charge in [-0.05, 0) is 24.1 Å². The molecule has 3 saturated heterocycles. The maximum absolute atomic E-state index is 12.6. The molecule has 3 aliphatic heterocycles. The van der Waals surface area contributed by atoms with Crippen LogP contribution in [-0.2, 0) is 16.0 Å². The fourth-order valence-corrected chi connectivity index (χ4v) is 4.96. The van der Waals surface area contributed by atoms with Gasteiger partial charge in [-0.2, -0.15) is 0 Å². The zero-order chi connectivity index (χ0) is 20.8. The molecule has 2 N–H and O–H groups in total. The molecule has 0 radical (unpaired) electrons. The van der Waals surface area contributed by atoms with Gasteiger partial charge in [0.25, 0.3) is 0 Å². The van der Waals surface area contributed by atoms with E-state index in [1.54, 1.807) is 0 Å². The molecule has 3 aliphatic rings. The second-order valence-corrected chi connectivity index (χ2v) is 8.82. The number of hydrogen-bond acceptors (Lipinski definition) is 4. The van der Waals surface area contributed by atoms with Crippen molar-refractivity contribution in [2.75, 3.05) is 32.8 Å². The normalized spacial score (nSPS) is 26.2. The maximum Gasteiger partial charge on any atom is 0.323 e.